The van der Waals surface area contributed by atoms with E-state index in [-0.39, 0.29) is 0 Å². The normalized spacial score (nSPS) is 21.9. The van der Waals surface area contributed by atoms with Crippen molar-refractivity contribution in [2.24, 2.45) is 0 Å². The molecule has 0 aromatic heterocycles. The van der Waals surface area contributed by atoms with Gasteiger partial charge in [-0.25, -0.2) is 0 Å². The molecule has 0 aliphatic carbocycles. The summed E-state index contributed by atoms with van der Waals surface area (Å²) in [6, 6.07) is 9.54. The first-order chi connectivity index (χ1) is 8.86. The molecule has 3 rings (SSSR count). The summed E-state index contributed by atoms with van der Waals surface area (Å²) in [6.45, 7) is 6.46. The molecule has 0 unspecified atom stereocenters. The summed E-state index contributed by atoms with van der Waals surface area (Å²) in [7, 11) is 0. The highest BCUT2D eigenvalue weighted by Gasteiger charge is 2.28. The Hall–Kier alpha value is -0.710. The van der Waals surface area contributed by atoms with Gasteiger partial charge in [0.25, 0.3) is 0 Å². The number of piperazine rings is 1. The maximum absolute atomic E-state index is 5.27. The van der Waals surface area contributed by atoms with Gasteiger partial charge < -0.3 is 9.64 Å². The van der Waals surface area contributed by atoms with E-state index in [0.717, 1.165) is 39.4 Å². The van der Waals surface area contributed by atoms with Gasteiger partial charge in [-0.05, 0) is 24.5 Å². The molecule has 0 amide bonds. The van der Waals surface area contributed by atoms with E-state index in [1.54, 1.807) is 0 Å². The predicted molar refractivity (Wildman–Crippen MR) is 76.6 cm³/mol. The highest BCUT2D eigenvalue weighted by atomic mass is 32.2. The Morgan fingerprint density at radius 1 is 1.17 bits per heavy atom. The Balaban J connectivity index is 1.60. The third-order valence-electron chi connectivity index (χ3n) is 3.87. The largest absolute Gasteiger partial charge is 0.378 e. The van der Waals surface area contributed by atoms with Crippen molar-refractivity contribution in [2.45, 2.75) is 10.9 Å². The minimum atomic E-state index is 0.685. The zero-order chi connectivity index (χ0) is 12.4. The number of ether oxygens (including phenoxy) is 1. The number of hydrogen-bond donors (Lipinski definition) is 0. The van der Waals surface area contributed by atoms with E-state index in [9.17, 15) is 0 Å². The minimum Gasteiger partial charge on any atom is -0.378 e. The SMILES string of the molecule is CSc1cccc(N2CCN(C3COC3)CC2)c1. The molecule has 2 aliphatic heterocycles. The van der Waals surface area contributed by atoms with Crippen LogP contribution >= 0.6 is 11.8 Å². The van der Waals surface area contributed by atoms with Gasteiger partial charge in [-0.15, -0.1) is 11.8 Å². The van der Waals surface area contributed by atoms with Crippen molar-refractivity contribution in [2.75, 3.05) is 50.5 Å². The van der Waals surface area contributed by atoms with Gasteiger partial charge in [0, 0.05) is 36.8 Å². The predicted octanol–water partition coefficient (Wildman–Crippen LogP) is 1.93. The van der Waals surface area contributed by atoms with Crippen LogP contribution in [0.15, 0.2) is 29.2 Å². The fourth-order valence-electron chi connectivity index (χ4n) is 2.59. The summed E-state index contributed by atoms with van der Waals surface area (Å²) in [5.74, 6) is 0. The zero-order valence-corrected chi connectivity index (χ0v) is 11.7. The van der Waals surface area contributed by atoms with Crippen molar-refractivity contribution in [1.29, 1.82) is 0 Å². The highest BCUT2D eigenvalue weighted by Crippen LogP contribution is 2.24. The number of anilines is 1. The van der Waals surface area contributed by atoms with E-state index >= 15 is 0 Å². The molecule has 18 heavy (non-hydrogen) atoms. The fraction of sp³-hybridized carbons (Fsp3) is 0.571. The lowest BCUT2D eigenvalue weighted by atomic mass is 10.1. The van der Waals surface area contributed by atoms with Gasteiger partial charge in [0.05, 0.1) is 19.3 Å². The molecule has 4 heteroatoms. The lowest BCUT2D eigenvalue weighted by Gasteiger charge is -2.43. The molecule has 0 atom stereocenters. The van der Waals surface area contributed by atoms with Crippen LogP contribution in [0.3, 0.4) is 0 Å². The second-order valence-electron chi connectivity index (χ2n) is 4.92. The molecule has 0 radical (unpaired) electrons. The average Bonchev–Trinajstić information content (AvgIpc) is 2.38. The molecule has 3 nitrogen and oxygen atoms in total. The lowest BCUT2D eigenvalue weighted by molar-refractivity contribution is -0.0660. The first kappa shape index (κ1) is 12.3. The van der Waals surface area contributed by atoms with Crippen LogP contribution in [0.25, 0.3) is 0 Å². The smallest absolute Gasteiger partial charge is 0.0645 e. The standard InChI is InChI=1S/C14H20N2OS/c1-18-14-4-2-3-12(9-14)15-5-7-16(8-6-15)13-10-17-11-13/h2-4,9,13H,5-8,10-11H2,1H3. The Morgan fingerprint density at radius 3 is 2.56 bits per heavy atom. The van der Waals surface area contributed by atoms with Gasteiger partial charge in [-0.2, -0.15) is 0 Å². The molecule has 2 saturated heterocycles. The topological polar surface area (TPSA) is 15.7 Å². The minimum absolute atomic E-state index is 0.685. The summed E-state index contributed by atoms with van der Waals surface area (Å²) in [6.07, 6.45) is 2.13. The van der Waals surface area contributed by atoms with E-state index < -0.39 is 0 Å². The quantitative estimate of drug-likeness (QED) is 0.775. The monoisotopic (exact) mass is 264 g/mol. The first-order valence-corrected chi connectivity index (χ1v) is 7.80. The van der Waals surface area contributed by atoms with Crippen LogP contribution < -0.4 is 4.90 Å². The van der Waals surface area contributed by atoms with Gasteiger partial charge in [0.1, 0.15) is 0 Å². The van der Waals surface area contributed by atoms with Crippen molar-refractivity contribution >= 4 is 17.4 Å². The van der Waals surface area contributed by atoms with Gasteiger partial charge >= 0.3 is 0 Å². The van der Waals surface area contributed by atoms with Crippen LogP contribution in [0.4, 0.5) is 5.69 Å². The van der Waals surface area contributed by atoms with E-state index in [1.165, 1.54) is 10.6 Å². The van der Waals surface area contributed by atoms with Crippen molar-refractivity contribution in [3.8, 4) is 0 Å². The van der Waals surface area contributed by atoms with Crippen molar-refractivity contribution in [1.82, 2.24) is 4.90 Å². The van der Waals surface area contributed by atoms with E-state index in [4.69, 9.17) is 4.74 Å². The van der Waals surface area contributed by atoms with Crippen molar-refractivity contribution in [3.63, 3.8) is 0 Å². The Bertz CT molecular complexity index is 401. The Morgan fingerprint density at radius 2 is 1.94 bits per heavy atom. The molecule has 0 N–H and O–H groups in total. The molecule has 1 aromatic carbocycles. The second kappa shape index (κ2) is 5.51. The van der Waals surface area contributed by atoms with Gasteiger partial charge in [-0.1, -0.05) is 6.07 Å². The number of benzene rings is 1. The number of nitrogens with zero attached hydrogens (tertiary/aromatic N) is 2. The molecule has 0 spiro atoms. The molecule has 0 bridgehead atoms. The van der Waals surface area contributed by atoms with Gasteiger partial charge in [-0.3, -0.25) is 4.90 Å². The highest BCUT2D eigenvalue weighted by molar-refractivity contribution is 7.98. The Labute approximate surface area is 113 Å². The van der Waals surface area contributed by atoms with Crippen LogP contribution in [0.5, 0.6) is 0 Å². The maximum Gasteiger partial charge on any atom is 0.0645 e. The third-order valence-corrected chi connectivity index (χ3v) is 4.59. The van der Waals surface area contributed by atoms with Gasteiger partial charge in [0.2, 0.25) is 0 Å². The number of thioether (sulfide) groups is 1. The molecule has 2 heterocycles. The number of hydrogen-bond acceptors (Lipinski definition) is 4. The molecular formula is C14H20N2OS. The molecule has 1 aromatic rings. The lowest BCUT2D eigenvalue weighted by Crippen LogP contribution is -2.56. The van der Waals surface area contributed by atoms with Crippen LogP contribution in [0.1, 0.15) is 0 Å². The van der Waals surface area contributed by atoms with E-state index in [2.05, 4.69) is 40.3 Å². The van der Waals surface area contributed by atoms with Crippen LogP contribution in [0, 0.1) is 0 Å². The summed E-state index contributed by atoms with van der Waals surface area (Å²) in [5, 5.41) is 0. The molecule has 0 saturated carbocycles. The first-order valence-electron chi connectivity index (χ1n) is 6.57. The van der Waals surface area contributed by atoms with Crippen molar-refractivity contribution < 1.29 is 4.74 Å². The van der Waals surface area contributed by atoms with Crippen LogP contribution in [-0.4, -0.2) is 56.6 Å². The second-order valence-corrected chi connectivity index (χ2v) is 5.80. The average molecular weight is 264 g/mol. The summed E-state index contributed by atoms with van der Waals surface area (Å²) in [4.78, 5) is 6.41. The number of rotatable bonds is 3. The maximum atomic E-state index is 5.27. The zero-order valence-electron chi connectivity index (χ0n) is 10.8. The molecule has 2 aliphatic rings. The molecule has 98 valence electrons. The summed E-state index contributed by atoms with van der Waals surface area (Å²) in [5.41, 5.74) is 1.37. The molecule has 2 fully saturated rings. The fourth-order valence-corrected chi connectivity index (χ4v) is 3.04. The summed E-state index contributed by atoms with van der Waals surface area (Å²) < 4.78 is 5.27. The molecular weight excluding hydrogens is 244 g/mol. The Kier molecular flexibility index (Phi) is 3.77. The van der Waals surface area contributed by atoms with Crippen LogP contribution in [-0.2, 0) is 4.74 Å². The van der Waals surface area contributed by atoms with Crippen LogP contribution in [0.2, 0.25) is 0 Å². The third kappa shape index (κ3) is 2.51. The van der Waals surface area contributed by atoms with Crippen molar-refractivity contribution in [3.05, 3.63) is 24.3 Å². The van der Waals surface area contributed by atoms with E-state index in [1.807, 2.05) is 11.8 Å². The van der Waals surface area contributed by atoms with Gasteiger partial charge in [0.15, 0.2) is 0 Å². The van der Waals surface area contributed by atoms with E-state index in [0.29, 0.717) is 6.04 Å². The summed E-state index contributed by atoms with van der Waals surface area (Å²) >= 11 is 1.81.